The SMILES string of the molecule is CCC1CC(C)CCC=CC2CC2(C(=O)NS(=O)(=O)C2(C)CC2)NC(=O)C2CC(Oc3ncc(F)c4cc(OC)ccc34)CN2C(=O)C1NC(=O)OC(C)(C)C. The van der Waals surface area contributed by atoms with Crippen molar-refractivity contribution < 1.29 is 46.2 Å². The zero-order chi connectivity index (χ0) is 40.8. The van der Waals surface area contributed by atoms with E-state index in [1.54, 1.807) is 39.8 Å². The Morgan fingerprint density at radius 1 is 1.14 bits per heavy atom. The average molecular weight is 800 g/mol. The summed E-state index contributed by atoms with van der Waals surface area (Å²) in [5, 5.41) is 6.25. The lowest BCUT2D eigenvalue weighted by atomic mass is 9.85. The molecule has 4 amide bonds. The number of nitrogens with one attached hydrogen (secondary N) is 3. The standard InChI is InChI=1S/C40H54FN5O9S/c1-8-24-17-23(2)11-9-10-12-25-20-40(25,36(49)45-56(51,52)39(6)15-16-39)44-33(47)31-19-27(22-46(31)35(48)32(24)43-37(50)55-38(3,4)5)54-34-28-14-13-26(53-7)18-29(28)30(41)21-42-34/h10,12-14,18,21,23-25,27,31-32H,8-9,11,15-17,19-20,22H2,1-7H3,(H,43,50)(H,44,47)(H,45,49). The molecule has 6 rings (SSSR count). The summed E-state index contributed by atoms with van der Waals surface area (Å²) < 4.78 is 59.7. The number of halogens is 1. The van der Waals surface area contributed by atoms with Gasteiger partial charge in [-0.1, -0.05) is 32.4 Å². The molecule has 1 aromatic carbocycles. The van der Waals surface area contributed by atoms with Gasteiger partial charge in [-0.05, 0) is 96.3 Å². The molecule has 306 valence electrons. The Labute approximate surface area is 327 Å². The molecule has 3 fully saturated rings. The van der Waals surface area contributed by atoms with E-state index in [2.05, 4.69) is 27.3 Å². The van der Waals surface area contributed by atoms with Gasteiger partial charge in [-0.25, -0.2) is 22.6 Å². The second kappa shape index (κ2) is 15.5. The molecule has 3 heterocycles. The van der Waals surface area contributed by atoms with Crippen molar-refractivity contribution in [3.8, 4) is 11.6 Å². The Balaban J connectivity index is 1.37. The van der Waals surface area contributed by atoms with Gasteiger partial charge in [0.05, 0.1) is 24.6 Å². The maximum atomic E-state index is 14.9. The lowest BCUT2D eigenvalue weighted by Gasteiger charge is -2.34. The number of hydrogen-bond acceptors (Lipinski definition) is 10. The van der Waals surface area contributed by atoms with Gasteiger partial charge in [-0.2, -0.15) is 0 Å². The molecule has 2 aromatic rings. The van der Waals surface area contributed by atoms with Crippen molar-refractivity contribution in [3.63, 3.8) is 0 Å². The first kappa shape index (κ1) is 41.2. The van der Waals surface area contributed by atoms with E-state index in [0.29, 0.717) is 43.2 Å². The predicted octanol–water partition coefficient (Wildman–Crippen LogP) is 4.90. The minimum Gasteiger partial charge on any atom is -0.497 e. The van der Waals surface area contributed by atoms with Crippen LogP contribution in [0.2, 0.25) is 0 Å². The number of hydrogen-bond donors (Lipinski definition) is 3. The van der Waals surface area contributed by atoms with Gasteiger partial charge in [0, 0.05) is 23.1 Å². The van der Waals surface area contributed by atoms with E-state index in [1.165, 1.54) is 18.1 Å². The number of ether oxygens (including phenoxy) is 3. The molecule has 0 spiro atoms. The highest BCUT2D eigenvalue weighted by atomic mass is 32.2. The number of aromatic nitrogens is 1. The summed E-state index contributed by atoms with van der Waals surface area (Å²) in [5.41, 5.74) is -2.42. The summed E-state index contributed by atoms with van der Waals surface area (Å²) in [4.78, 5) is 62.2. The number of alkyl carbamates (subject to hydrolysis) is 1. The molecule has 7 atom stereocenters. The third-order valence-corrected chi connectivity index (χ3v) is 13.7. The molecule has 56 heavy (non-hydrogen) atoms. The molecule has 4 aliphatic rings. The van der Waals surface area contributed by atoms with Crippen molar-refractivity contribution in [2.45, 2.75) is 127 Å². The quantitative estimate of drug-likeness (QED) is 0.311. The molecule has 1 aromatic heterocycles. The van der Waals surface area contributed by atoms with E-state index in [0.717, 1.165) is 12.6 Å². The Hall–Kier alpha value is -4.47. The first-order chi connectivity index (χ1) is 26.3. The van der Waals surface area contributed by atoms with Crippen molar-refractivity contribution in [1.82, 2.24) is 25.2 Å². The number of nitrogens with zero attached hydrogens (tertiary/aromatic N) is 2. The van der Waals surface area contributed by atoms with Crippen LogP contribution in [-0.2, 0) is 29.1 Å². The zero-order valence-electron chi connectivity index (χ0n) is 33.1. The van der Waals surface area contributed by atoms with E-state index in [4.69, 9.17) is 14.2 Å². The van der Waals surface area contributed by atoms with Crippen LogP contribution in [0.15, 0.2) is 36.5 Å². The maximum absolute atomic E-state index is 14.9. The third-order valence-electron chi connectivity index (χ3n) is 11.6. The fourth-order valence-corrected chi connectivity index (χ4v) is 9.10. The molecule has 2 aliphatic carbocycles. The number of benzene rings is 1. The smallest absolute Gasteiger partial charge is 0.408 e. The van der Waals surface area contributed by atoms with Crippen LogP contribution in [0.5, 0.6) is 11.6 Å². The fraction of sp³-hybridized carbons (Fsp3) is 0.625. The zero-order valence-corrected chi connectivity index (χ0v) is 34.0. The van der Waals surface area contributed by atoms with Crippen LogP contribution in [0.1, 0.15) is 92.9 Å². The summed E-state index contributed by atoms with van der Waals surface area (Å²) in [5.74, 6) is -2.82. The van der Waals surface area contributed by atoms with Crippen molar-refractivity contribution in [2.75, 3.05) is 13.7 Å². The summed E-state index contributed by atoms with van der Waals surface area (Å²) in [6, 6.07) is 2.48. The molecular formula is C40H54FN5O9S. The molecule has 3 N–H and O–H groups in total. The normalized spacial score (nSPS) is 29.2. The van der Waals surface area contributed by atoms with Gasteiger partial charge in [0.1, 0.15) is 40.9 Å². The average Bonchev–Trinajstić information content (AvgIpc) is 4.01. The van der Waals surface area contributed by atoms with Gasteiger partial charge in [0.25, 0.3) is 5.91 Å². The van der Waals surface area contributed by atoms with Gasteiger partial charge in [0.2, 0.25) is 27.7 Å². The summed E-state index contributed by atoms with van der Waals surface area (Å²) in [6.07, 6.45) is 6.69. The largest absolute Gasteiger partial charge is 0.497 e. The maximum Gasteiger partial charge on any atom is 0.408 e. The summed E-state index contributed by atoms with van der Waals surface area (Å²) in [6.45, 7) is 10.6. The Bertz CT molecular complexity index is 2020. The predicted molar refractivity (Wildman–Crippen MR) is 206 cm³/mol. The third kappa shape index (κ3) is 8.59. The minimum atomic E-state index is -4.03. The van der Waals surface area contributed by atoms with Crippen LogP contribution >= 0.6 is 0 Å². The van der Waals surface area contributed by atoms with Crippen LogP contribution in [0, 0.1) is 23.6 Å². The van der Waals surface area contributed by atoms with Gasteiger partial charge in [-0.3, -0.25) is 19.1 Å². The van der Waals surface area contributed by atoms with Crippen molar-refractivity contribution in [2.24, 2.45) is 17.8 Å². The Kier molecular flexibility index (Phi) is 11.4. The van der Waals surface area contributed by atoms with Crippen molar-refractivity contribution in [1.29, 1.82) is 0 Å². The van der Waals surface area contributed by atoms with E-state index >= 15 is 0 Å². The van der Waals surface area contributed by atoms with Crippen LogP contribution in [0.3, 0.4) is 0 Å². The van der Waals surface area contributed by atoms with E-state index in [9.17, 15) is 32.0 Å². The van der Waals surface area contributed by atoms with Crippen LogP contribution in [0.25, 0.3) is 10.8 Å². The van der Waals surface area contributed by atoms with Crippen LogP contribution in [0.4, 0.5) is 9.18 Å². The number of pyridine rings is 1. The molecule has 16 heteroatoms. The molecule has 14 nitrogen and oxygen atoms in total. The van der Waals surface area contributed by atoms with Crippen molar-refractivity contribution >= 4 is 44.6 Å². The second-order valence-electron chi connectivity index (χ2n) is 17.1. The molecule has 0 bridgehead atoms. The van der Waals surface area contributed by atoms with Crippen LogP contribution < -0.4 is 24.8 Å². The lowest BCUT2D eigenvalue weighted by molar-refractivity contribution is -0.142. The molecule has 2 saturated carbocycles. The van der Waals surface area contributed by atoms with Gasteiger partial charge < -0.3 is 29.7 Å². The van der Waals surface area contributed by atoms with E-state index in [-0.39, 0.29) is 42.5 Å². The number of allylic oxidation sites excluding steroid dienone is 1. The fourth-order valence-electron chi connectivity index (χ4n) is 7.79. The summed E-state index contributed by atoms with van der Waals surface area (Å²) >= 11 is 0. The second-order valence-corrected chi connectivity index (χ2v) is 19.3. The number of fused-ring (bicyclic) bond motifs is 3. The van der Waals surface area contributed by atoms with Crippen molar-refractivity contribution in [3.05, 3.63) is 42.4 Å². The lowest BCUT2D eigenvalue weighted by Crippen LogP contribution is -2.59. The Morgan fingerprint density at radius 3 is 2.54 bits per heavy atom. The molecule has 7 unspecified atom stereocenters. The molecule has 1 saturated heterocycles. The Morgan fingerprint density at radius 2 is 1.88 bits per heavy atom. The number of carbonyl (C=O) groups is 4. The van der Waals surface area contributed by atoms with E-state index < -0.39 is 79.6 Å². The summed E-state index contributed by atoms with van der Waals surface area (Å²) in [7, 11) is -2.56. The monoisotopic (exact) mass is 799 g/mol. The number of methoxy groups -OCH3 is 1. The number of rotatable bonds is 8. The highest BCUT2D eigenvalue weighted by Crippen LogP contribution is 2.47. The molecule has 0 radical (unpaired) electrons. The number of amides is 4. The van der Waals surface area contributed by atoms with E-state index in [1.807, 2.05) is 19.1 Å². The first-order valence-corrected chi connectivity index (χ1v) is 20.9. The molecule has 2 aliphatic heterocycles. The van der Waals surface area contributed by atoms with Gasteiger partial charge in [0.15, 0.2) is 0 Å². The first-order valence-electron chi connectivity index (χ1n) is 19.4. The number of sulfonamides is 1. The van der Waals surface area contributed by atoms with Crippen LogP contribution in [-0.4, -0.2) is 89.8 Å². The number of carbonyl (C=O) groups excluding carboxylic acids is 4. The van der Waals surface area contributed by atoms with Gasteiger partial charge >= 0.3 is 6.09 Å². The highest BCUT2D eigenvalue weighted by Gasteiger charge is 2.63. The topological polar surface area (TPSA) is 182 Å². The highest BCUT2D eigenvalue weighted by molar-refractivity contribution is 7.91. The minimum absolute atomic E-state index is 0.0464. The molecular weight excluding hydrogens is 746 g/mol. The van der Waals surface area contributed by atoms with Gasteiger partial charge in [-0.15, -0.1) is 0 Å².